The van der Waals surface area contributed by atoms with Gasteiger partial charge in [0.2, 0.25) is 11.8 Å². The van der Waals surface area contributed by atoms with E-state index >= 15 is 0 Å². The molecular weight excluding hydrogens is 428 g/mol. The number of likely N-dealkylation sites (N-methyl/N-ethyl adjacent to an activating group) is 2. The maximum Gasteiger partial charge on any atom is 0.230 e. The first-order chi connectivity index (χ1) is 15.9. The Hall–Kier alpha value is -2.27. The minimum atomic E-state index is -0.484. The van der Waals surface area contributed by atoms with Gasteiger partial charge in [-0.05, 0) is 62.2 Å². The molecule has 2 aromatic carbocycles. The summed E-state index contributed by atoms with van der Waals surface area (Å²) in [4.78, 5) is 25.2. The first-order valence-corrected chi connectivity index (χ1v) is 13.2. The third kappa shape index (κ3) is 7.36. The van der Waals surface area contributed by atoms with Gasteiger partial charge in [0.05, 0.1) is 10.8 Å². The van der Waals surface area contributed by atoms with Gasteiger partial charge < -0.3 is 10.6 Å². The number of hydrogen-bond donors (Lipinski definition) is 2. The van der Waals surface area contributed by atoms with E-state index in [1.165, 1.54) is 0 Å². The summed E-state index contributed by atoms with van der Waals surface area (Å²) in [5.41, 5.74) is 1.19. The zero-order valence-corrected chi connectivity index (χ0v) is 21.5. The van der Waals surface area contributed by atoms with Crippen LogP contribution < -0.4 is 10.6 Å². The molecule has 2 N–H and O–H groups in total. The van der Waals surface area contributed by atoms with E-state index in [2.05, 4.69) is 10.6 Å². The second-order valence-corrected chi connectivity index (χ2v) is 10.3. The van der Waals surface area contributed by atoms with Crippen molar-refractivity contribution in [3.8, 4) is 0 Å². The van der Waals surface area contributed by atoms with E-state index in [4.69, 9.17) is 0 Å². The quantitative estimate of drug-likeness (QED) is 0.362. The van der Waals surface area contributed by atoms with Crippen molar-refractivity contribution >= 4 is 23.6 Å². The van der Waals surface area contributed by atoms with E-state index in [1.54, 1.807) is 14.1 Å². The van der Waals surface area contributed by atoms with Crippen molar-refractivity contribution in [3.63, 3.8) is 0 Å². The standard InChI is InChI=1S/C28H40N2O2S/c1-27(25(31)29-3,23-15-7-5-8-16-23)19-11-13-21-33-22-14-12-20-28(2,26(32)30-4)24-17-9-6-10-18-24/h5-10,15-18H,11-14,19-22H2,1-4H3,(H,29,31)(H,30,32). The lowest BCUT2D eigenvalue weighted by molar-refractivity contribution is -0.126. The molecule has 0 radical (unpaired) electrons. The molecule has 0 aliphatic rings. The summed E-state index contributed by atoms with van der Waals surface area (Å²) in [6, 6.07) is 20.2. The smallest absolute Gasteiger partial charge is 0.230 e. The van der Waals surface area contributed by atoms with Crippen molar-refractivity contribution < 1.29 is 9.59 Å². The molecule has 180 valence electrons. The molecule has 5 heteroatoms. The van der Waals surface area contributed by atoms with Crippen LogP contribution in [0, 0.1) is 0 Å². The average molecular weight is 469 g/mol. The van der Waals surface area contributed by atoms with Crippen molar-refractivity contribution in [2.75, 3.05) is 25.6 Å². The lowest BCUT2D eigenvalue weighted by atomic mass is 9.77. The third-order valence-electron chi connectivity index (χ3n) is 6.71. The largest absolute Gasteiger partial charge is 0.358 e. The molecule has 4 nitrogen and oxygen atoms in total. The molecule has 33 heavy (non-hydrogen) atoms. The van der Waals surface area contributed by atoms with Crippen LogP contribution in [0.1, 0.15) is 63.5 Å². The van der Waals surface area contributed by atoms with Crippen molar-refractivity contribution in [2.45, 2.75) is 63.2 Å². The molecule has 0 saturated carbocycles. The van der Waals surface area contributed by atoms with Gasteiger partial charge in [-0.3, -0.25) is 9.59 Å². The average Bonchev–Trinajstić information content (AvgIpc) is 2.87. The fourth-order valence-electron chi connectivity index (χ4n) is 4.41. The lowest BCUT2D eigenvalue weighted by Crippen LogP contribution is -2.40. The molecular formula is C28H40N2O2S. The predicted molar refractivity (Wildman–Crippen MR) is 141 cm³/mol. The van der Waals surface area contributed by atoms with Gasteiger partial charge in [0, 0.05) is 14.1 Å². The monoisotopic (exact) mass is 468 g/mol. The Morgan fingerprint density at radius 2 is 1.03 bits per heavy atom. The van der Waals surface area contributed by atoms with E-state index in [-0.39, 0.29) is 11.8 Å². The third-order valence-corrected chi connectivity index (χ3v) is 7.86. The second kappa shape index (κ2) is 13.4. The Morgan fingerprint density at radius 1 is 0.667 bits per heavy atom. The zero-order valence-electron chi connectivity index (χ0n) is 20.7. The van der Waals surface area contributed by atoms with Crippen molar-refractivity contribution in [2.24, 2.45) is 0 Å². The highest BCUT2D eigenvalue weighted by Gasteiger charge is 2.34. The number of unbranched alkanes of at least 4 members (excludes halogenated alkanes) is 2. The Bertz CT molecular complexity index is 787. The van der Waals surface area contributed by atoms with Gasteiger partial charge in [0.25, 0.3) is 0 Å². The number of rotatable bonds is 14. The Balaban J connectivity index is 1.72. The van der Waals surface area contributed by atoms with E-state index in [1.807, 2.05) is 86.3 Å². The Kier molecular flexibility index (Phi) is 11.0. The Morgan fingerprint density at radius 3 is 1.36 bits per heavy atom. The molecule has 2 amide bonds. The summed E-state index contributed by atoms with van der Waals surface area (Å²) in [5, 5.41) is 5.69. The molecule has 2 aromatic rings. The second-order valence-electron chi connectivity index (χ2n) is 9.08. The van der Waals surface area contributed by atoms with Crippen LogP contribution in [0.5, 0.6) is 0 Å². The van der Waals surface area contributed by atoms with E-state index in [9.17, 15) is 9.59 Å². The number of benzene rings is 2. The van der Waals surface area contributed by atoms with Crippen LogP contribution in [0.3, 0.4) is 0 Å². The van der Waals surface area contributed by atoms with Crippen LogP contribution in [-0.2, 0) is 20.4 Å². The van der Waals surface area contributed by atoms with Gasteiger partial charge in [-0.2, -0.15) is 11.8 Å². The summed E-state index contributed by atoms with van der Waals surface area (Å²) in [5.74, 6) is 2.37. The van der Waals surface area contributed by atoms with Gasteiger partial charge in [-0.15, -0.1) is 0 Å². The summed E-state index contributed by atoms with van der Waals surface area (Å²) < 4.78 is 0. The van der Waals surface area contributed by atoms with Crippen LogP contribution in [0.2, 0.25) is 0 Å². The van der Waals surface area contributed by atoms with E-state index < -0.39 is 10.8 Å². The highest BCUT2D eigenvalue weighted by atomic mass is 32.2. The molecule has 0 spiro atoms. The topological polar surface area (TPSA) is 58.2 Å². The number of carbonyl (C=O) groups is 2. The molecule has 0 aromatic heterocycles. The van der Waals surface area contributed by atoms with E-state index in [0.29, 0.717) is 0 Å². The number of hydrogen-bond acceptors (Lipinski definition) is 3. The van der Waals surface area contributed by atoms with Gasteiger partial charge in [0.15, 0.2) is 0 Å². The van der Waals surface area contributed by atoms with Crippen molar-refractivity contribution in [1.82, 2.24) is 10.6 Å². The molecule has 0 heterocycles. The normalized spacial score (nSPS) is 14.7. The number of carbonyl (C=O) groups excluding carboxylic acids is 2. The fraction of sp³-hybridized carbons (Fsp3) is 0.500. The van der Waals surface area contributed by atoms with Crippen LogP contribution in [-0.4, -0.2) is 37.4 Å². The van der Waals surface area contributed by atoms with Gasteiger partial charge in [0.1, 0.15) is 0 Å². The Labute approximate surface area is 204 Å². The molecule has 2 atom stereocenters. The van der Waals surface area contributed by atoms with Crippen LogP contribution in [0.25, 0.3) is 0 Å². The first kappa shape index (κ1) is 27.0. The van der Waals surface area contributed by atoms with Crippen LogP contribution in [0.15, 0.2) is 60.7 Å². The van der Waals surface area contributed by atoms with Crippen LogP contribution in [0.4, 0.5) is 0 Å². The summed E-state index contributed by atoms with van der Waals surface area (Å²) >= 11 is 1.97. The molecule has 0 bridgehead atoms. The van der Waals surface area contributed by atoms with Gasteiger partial charge in [-0.25, -0.2) is 0 Å². The van der Waals surface area contributed by atoms with Crippen molar-refractivity contribution in [1.29, 1.82) is 0 Å². The SMILES string of the molecule is CNC(=O)C(C)(CCCCSCCCCC(C)(C(=O)NC)c1ccccc1)c1ccccc1. The van der Waals surface area contributed by atoms with Gasteiger partial charge >= 0.3 is 0 Å². The first-order valence-electron chi connectivity index (χ1n) is 12.0. The lowest BCUT2D eigenvalue weighted by Gasteiger charge is -2.28. The maximum absolute atomic E-state index is 12.6. The number of amides is 2. The van der Waals surface area contributed by atoms with Gasteiger partial charge in [-0.1, -0.05) is 73.5 Å². The molecule has 0 aliphatic heterocycles. The molecule has 2 unspecified atom stereocenters. The maximum atomic E-state index is 12.6. The summed E-state index contributed by atoms with van der Waals surface area (Å²) in [6.45, 7) is 4.09. The molecule has 2 rings (SSSR count). The molecule has 0 fully saturated rings. The number of nitrogens with one attached hydrogen (secondary N) is 2. The zero-order chi connectivity index (χ0) is 24.2. The molecule has 0 aliphatic carbocycles. The number of thioether (sulfide) groups is 1. The summed E-state index contributed by atoms with van der Waals surface area (Å²) in [6.07, 6.45) is 5.94. The highest BCUT2D eigenvalue weighted by Crippen LogP contribution is 2.31. The summed E-state index contributed by atoms with van der Waals surface area (Å²) in [7, 11) is 3.43. The predicted octanol–water partition coefficient (Wildman–Crippen LogP) is 5.47. The van der Waals surface area contributed by atoms with Crippen molar-refractivity contribution in [3.05, 3.63) is 71.8 Å². The van der Waals surface area contributed by atoms with E-state index in [0.717, 1.165) is 61.2 Å². The molecule has 0 saturated heterocycles. The fourth-order valence-corrected chi connectivity index (χ4v) is 5.43. The van der Waals surface area contributed by atoms with Crippen LogP contribution >= 0.6 is 11.8 Å². The minimum absolute atomic E-state index is 0.0823. The minimum Gasteiger partial charge on any atom is -0.358 e. The highest BCUT2D eigenvalue weighted by molar-refractivity contribution is 7.99.